The predicted octanol–water partition coefficient (Wildman–Crippen LogP) is 5.75. The van der Waals surface area contributed by atoms with E-state index in [2.05, 4.69) is 34.6 Å². The van der Waals surface area contributed by atoms with Crippen molar-refractivity contribution < 1.29 is 19.4 Å². The van der Waals surface area contributed by atoms with E-state index >= 15 is 0 Å². The van der Waals surface area contributed by atoms with E-state index in [1.165, 1.54) is 5.56 Å². The van der Waals surface area contributed by atoms with Crippen LogP contribution in [-0.2, 0) is 29.0 Å². The highest BCUT2D eigenvalue weighted by atomic mass is 16.5. The SMILES string of the molecule is O=C(O)CC[C@@H](Cc1ccc(OCc2cccnc2)cc1)NC(=O)CCCCCCc1ccccc1. The number of carboxylic acid groups (broad SMARTS) is 1. The molecule has 3 rings (SSSR count). The molecule has 1 atom stereocenters. The van der Waals surface area contributed by atoms with Gasteiger partial charge in [0.25, 0.3) is 0 Å². The topological polar surface area (TPSA) is 88.5 Å². The average Bonchev–Trinajstić information content (AvgIpc) is 2.90. The molecule has 0 saturated carbocycles. The Kier molecular flexibility index (Phi) is 11.5. The zero-order valence-corrected chi connectivity index (χ0v) is 20.8. The molecule has 0 radical (unpaired) electrons. The van der Waals surface area contributed by atoms with Crippen molar-refractivity contribution in [2.45, 2.75) is 70.4 Å². The second-order valence-corrected chi connectivity index (χ2v) is 9.09. The fourth-order valence-corrected chi connectivity index (χ4v) is 4.09. The van der Waals surface area contributed by atoms with Gasteiger partial charge in [0.05, 0.1) is 0 Å². The number of carboxylic acids is 1. The zero-order chi connectivity index (χ0) is 25.4. The summed E-state index contributed by atoms with van der Waals surface area (Å²) in [7, 11) is 0. The number of ether oxygens (including phenoxy) is 1. The van der Waals surface area contributed by atoms with Gasteiger partial charge in [-0.05, 0) is 61.4 Å². The lowest BCUT2D eigenvalue weighted by Gasteiger charge is -2.18. The predicted molar refractivity (Wildman–Crippen MR) is 141 cm³/mol. The summed E-state index contributed by atoms with van der Waals surface area (Å²) < 4.78 is 5.81. The van der Waals surface area contributed by atoms with Gasteiger partial charge in [0.2, 0.25) is 5.91 Å². The minimum Gasteiger partial charge on any atom is -0.489 e. The number of nitrogens with one attached hydrogen (secondary N) is 1. The van der Waals surface area contributed by atoms with Gasteiger partial charge in [0.15, 0.2) is 0 Å². The first-order chi connectivity index (χ1) is 17.6. The van der Waals surface area contributed by atoms with Crippen molar-refractivity contribution >= 4 is 11.9 Å². The summed E-state index contributed by atoms with van der Waals surface area (Å²) in [5.74, 6) is -0.113. The molecule has 36 heavy (non-hydrogen) atoms. The van der Waals surface area contributed by atoms with Crippen molar-refractivity contribution in [1.82, 2.24) is 10.3 Å². The largest absolute Gasteiger partial charge is 0.489 e. The summed E-state index contributed by atoms with van der Waals surface area (Å²) in [6.07, 6.45) is 10.1. The normalized spacial score (nSPS) is 11.6. The summed E-state index contributed by atoms with van der Waals surface area (Å²) in [4.78, 5) is 27.7. The molecule has 0 aliphatic carbocycles. The molecule has 1 aromatic heterocycles. The number of nitrogens with zero attached hydrogens (tertiary/aromatic N) is 1. The molecule has 0 aliphatic heterocycles. The van der Waals surface area contributed by atoms with E-state index in [1.807, 2.05) is 42.5 Å². The number of hydrogen-bond donors (Lipinski definition) is 2. The van der Waals surface area contributed by atoms with Crippen molar-refractivity contribution in [3.63, 3.8) is 0 Å². The Hall–Kier alpha value is -3.67. The van der Waals surface area contributed by atoms with Crippen LogP contribution < -0.4 is 10.1 Å². The highest BCUT2D eigenvalue weighted by molar-refractivity contribution is 5.76. The second-order valence-electron chi connectivity index (χ2n) is 9.09. The lowest BCUT2D eigenvalue weighted by atomic mass is 10.0. The van der Waals surface area contributed by atoms with E-state index in [1.54, 1.807) is 12.4 Å². The summed E-state index contributed by atoms with van der Waals surface area (Å²) in [6.45, 7) is 0.441. The summed E-state index contributed by atoms with van der Waals surface area (Å²) >= 11 is 0. The highest BCUT2D eigenvalue weighted by Crippen LogP contribution is 2.17. The molecular weight excluding hydrogens is 452 g/mol. The van der Waals surface area contributed by atoms with Crippen LogP contribution in [0.25, 0.3) is 0 Å². The molecule has 3 aromatic rings. The molecule has 6 nitrogen and oxygen atoms in total. The third-order valence-corrected chi connectivity index (χ3v) is 6.07. The van der Waals surface area contributed by atoms with E-state index in [9.17, 15) is 9.59 Å². The molecule has 2 aromatic carbocycles. The fraction of sp³-hybridized carbons (Fsp3) is 0.367. The van der Waals surface area contributed by atoms with Gasteiger partial charge in [-0.15, -0.1) is 0 Å². The minimum absolute atomic E-state index is 0.00938. The standard InChI is InChI=1S/C30H36N2O4/c33-29(13-7-2-1-4-9-24-10-5-3-6-11-24)32-27(16-19-30(34)35)21-25-14-17-28(18-15-25)36-23-26-12-8-20-31-22-26/h3,5-6,8,10-12,14-15,17-18,20,22,27H,1-2,4,7,9,13,16,19,21,23H2,(H,32,33)(H,34,35)/t27-/m0/s1. The maximum absolute atomic E-state index is 12.5. The van der Waals surface area contributed by atoms with Crippen LogP contribution in [0.3, 0.4) is 0 Å². The van der Waals surface area contributed by atoms with Gasteiger partial charge in [-0.2, -0.15) is 0 Å². The van der Waals surface area contributed by atoms with Crippen LogP contribution in [-0.4, -0.2) is 28.0 Å². The van der Waals surface area contributed by atoms with Crippen molar-refractivity contribution in [2.75, 3.05) is 0 Å². The van der Waals surface area contributed by atoms with Crippen LogP contribution in [0.4, 0.5) is 0 Å². The van der Waals surface area contributed by atoms with E-state index in [4.69, 9.17) is 9.84 Å². The summed E-state index contributed by atoms with van der Waals surface area (Å²) in [5, 5.41) is 12.2. The van der Waals surface area contributed by atoms with Gasteiger partial charge in [-0.3, -0.25) is 14.6 Å². The lowest BCUT2D eigenvalue weighted by Crippen LogP contribution is -2.36. The number of aromatic nitrogens is 1. The number of carbonyl (C=O) groups is 2. The van der Waals surface area contributed by atoms with Crippen LogP contribution in [0, 0.1) is 0 Å². The smallest absolute Gasteiger partial charge is 0.303 e. The first kappa shape index (κ1) is 26.9. The molecule has 6 heteroatoms. The monoisotopic (exact) mass is 488 g/mol. The van der Waals surface area contributed by atoms with Crippen LogP contribution in [0.15, 0.2) is 79.1 Å². The lowest BCUT2D eigenvalue weighted by molar-refractivity contribution is -0.137. The number of unbranched alkanes of at least 4 members (excludes halogenated alkanes) is 3. The average molecular weight is 489 g/mol. The Bertz CT molecular complexity index is 1040. The molecule has 0 fully saturated rings. The van der Waals surface area contributed by atoms with E-state index in [0.29, 0.717) is 25.9 Å². The molecule has 2 N–H and O–H groups in total. The van der Waals surface area contributed by atoms with Gasteiger partial charge in [0.1, 0.15) is 12.4 Å². The number of carbonyl (C=O) groups excluding carboxylic acids is 1. The Morgan fingerprint density at radius 2 is 1.58 bits per heavy atom. The molecule has 0 bridgehead atoms. The Labute approximate surface area is 213 Å². The van der Waals surface area contributed by atoms with Gasteiger partial charge < -0.3 is 15.2 Å². The highest BCUT2D eigenvalue weighted by Gasteiger charge is 2.15. The number of amides is 1. The molecular formula is C30H36N2O4. The van der Waals surface area contributed by atoms with Crippen molar-refractivity contribution in [3.05, 3.63) is 95.8 Å². The minimum atomic E-state index is -0.855. The van der Waals surface area contributed by atoms with E-state index in [-0.39, 0.29) is 18.4 Å². The van der Waals surface area contributed by atoms with Crippen LogP contribution in [0.5, 0.6) is 5.75 Å². The third kappa shape index (κ3) is 10.7. The van der Waals surface area contributed by atoms with Crippen LogP contribution in [0.1, 0.15) is 61.6 Å². The maximum Gasteiger partial charge on any atom is 0.303 e. The Morgan fingerprint density at radius 1 is 0.833 bits per heavy atom. The molecule has 0 unspecified atom stereocenters. The third-order valence-electron chi connectivity index (χ3n) is 6.07. The molecule has 1 amide bonds. The van der Waals surface area contributed by atoms with Crippen LogP contribution in [0.2, 0.25) is 0 Å². The van der Waals surface area contributed by atoms with Gasteiger partial charge in [-0.25, -0.2) is 0 Å². The van der Waals surface area contributed by atoms with Gasteiger partial charge in [0, 0.05) is 36.8 Å². The van der Waals surface area contributed by atoms with E-state index in [0.717, 1.165) is 49.0 Å². The first-order valence-corrected chi connectivity index (χ1v) is 12.7. The summed E-state index contributed by atoms with van der Waals surface area (Å²) in [5.41, 5.74) is 3.37. The molecule has 190 valence electrons. The zero-order valence-electron chi connectivity index (χ0n) is 20.8. The van der Waals surface area contributed by atoms with E-state index < -0.39 is 5.97 Å². The Balaban J connectivity index is 1.40. The van der Waals surface area contributed by atoms with Crippen molar-refractivity contribution in [2.24, 2.45) is 0 Å². The number of aryl methyl sites for hydroxylation is 1. The number of benzene rings is 2. The molecule has 0 saturated heterocycles. The van der Waals surface area contributed by atoms with Gasteiger partial charge in [-0.1, -0.05) is 61.4 Å². The molecule has 0 aliphatic rings. The molecule has 1 heterocycles. The first-order valence-electron chi connectivity index (χ1n) is 12.7. The number of hydrogen-bond acceptors (Lipinski definition) is 4. The van der Waals surface area contributed by atoms with Crippen LogP contribution >= 0.6 is 0 Å². The van der Waals surface area contributed by atoms with Gasteiger partial charge >= 0.3 is 5.97 Å². The quantitative estimate of drug-likeness (QED) is 0.251. The second kappa shape index (κ2) is 15.4. The number of aliphatic carboxylic acids is 1. The van der Waals surface area contributed by atoms with Crippen molar-refractivity contribution in [1.29, 1.82) is 0 Å². The molecule has 0 spiro atoms. The Morgan fingerprint density at radius 3 is 2.31 bits per heavy atom. The number of pyridine rings is 1. The van der Waals surface area contributed by atoms with Crippen molar-refractivity contribution in [3.8, 4) is 5.75 Å². The fourth-order valence-electron chi connectivity index (χ4n) is 4.09. The summed E-state index contributed by atoms with van der Waals surface area (Å²) in [6, 6.07) is 21.8. The number of rotatable bonds is 16. The maximum atomic E-state index is 12.5.